The molecule has 1 aliphatic rings. The minimum Gasteiger partial charge on any atom is -0.337 e. The van der Waals surface area contributed by atoms with Crippen LogP contribution in [0.15, 0.2) is 40.9 Å². The Labute approximate surface area is 151 Å². The summed E-state index contributed by atoms with van der Waals surface area (Å²) >= 11 is 0. The van der Waals surface area contributed by atoms with E-state index in [1.54, 1.807) is 0 Å². The molecule has 0 unspecified atom stereocenters. The third-order valence-electron chi connectivity index (χ3n) is 4.37. The Morgan fingerprint density at radius 2 is 2.04 bits per heavy atom. The third-order valence-corrected chi connectivity index (χ3v) is 4.37. The molecule has 1 amide bonds. The molecule has 0 radical (unpaired) electrons. The van der Waals surface area contributed by atoms with Crippen LogP contribution >= 0.6 is 0 Å². The van der Waals surface area contributed by atoms with E-state index in [4.69, 9.17) is 4.52 Å². The van der Waals surface area contributed by atoms with E-state index in [9.17, 15) is 18.0 Å². The second kappa shape index (κ2) is 6.53. The van der Waals surface area contributed by atoms with Gasteiger partial charge in [0, 0.05) is 18.2 Å². The number of H-pyrrole nitrogens is 1. The molecule has 3 heterocycles. The minimum absolute atomic E-state index is 0.256. The molecule has 0 spiro atoms. The standard InChI is InChI=1S/C17H14F3N5O2/c18-17(19,20)13-9-11(22-23-13)16(26)25-8-4-7-12(25)15-21-14(24-27-15)10-5-2-1-3-6-10/h1-3,5-6,9,12H,4,7-8H2,(H,22,23)/t12-/m1/s1. The van der Waals surface area contributed by atoms with Crippen LogP contribution in [0.5, 0.6) is 0 Å². The summed E-state index contributed by atoms with van der Waals surface area (Å²) in [5.74, 6) is 0.0408. The van der Waals surface area contributed by atoms with Gasteiger partial charge in [-0.25, -0.2) is 0 Å². The molecule has 1 saturated heterocycles. The lowest BCUT2D eigenvalue weighted by atomic mass is 10.2. The molecule has 27 heavy (non-hydrogen) atoms. The van der Waals surface area contributed by atoms with Crippen molar-refractivity contribution in [3.8, 4) is 11.4 Å². The van der Waals surface area contributed by atoms with Crippen LogP contribution in [0.1, 0.15) is 41.0 Å². The summed E-state index contributed by atoms with van der Waals surface area (Å²) < 4.78 is 43.5. The molecule has 7 nitrogen and oxygen atoms in total. The summed E-state index contributed by atoms with van der Waals surface area (Å²) in [4.78, 5) is 18.4. The molecule has 0 saturated carbocycles. The van der Waals surface area contributed by atoms with Crippen molar-refractivity contribution in [1.29, 1.82) is 0 Å². The van der Waals surface area contributed by atoms with Crippen LogP contribution in [0.3, 0.4) is 0 Å². The molecule has 3 aromatic rings. The number of nitrogens with one attached hydrogen (secondary N) is 1. The van der Waals surface area contributed by atoms with E-state index in [2.05, 4.69) is 15.2 Å². The van der Waals surface area contributed by atoms with Gasteiger partial charge in [0.1, 0.15) is 11.7 Å². The summed E-state index contributed by atoms with van der Waals surface area (Å²) in [5.41, 5.74) is -0.590. The van der Waals surface area contributed by atoms with E-state index in [0.29, 0.717) is 31.3 Å². The molecule has 1 N–H and O–H groups in total. The largest absolute Gasteiger partial charge is 0.432 e. The third kappa shape index (κ3) is 3.29. The lowest BCUT2D eigenvalue weighted by Gasteiger charge is -2.20. The van der Waals surface area contributed by atoms with Gasteiger partial charge in [0.05, 0.1) is 0 Å². The summed E-state index contributed by atoms with van der Waals surface area (Å²) in [6.07, 6.45) is -3.33. The van der Waals surface area contributed by atoms with Crippen molar-refractivity contribution in [1.82, 2.24) is 25.2 Å². The fourth-order valence-corrected chi connectivity index (χ4v) is 3.07. The average Bonchev–Trinajstić information content (AvgIpc) is 3.40. The maximum Gasteiger partial charge on any atom is 0.432 e. The van der Waals surface area contributed by atoms with Crippen LogP contribution in [0, 0.1) is 0 Å². The van der Waals surface area contributed by atoms with Crippen LogP contribution in [0.4, 0.5) is 13.2 Å². The Morgan fingerprint density at radius 1 is 1.26 bits per heavy atom. The number of aromatic amines is 1. The second-order valence-electron chi connectivity index (χ2n) is 6.14. The predicted octanol–water partition coefficient (Wildman–Crippen LogP) is 3.46. The van der Waals surface area contributed by atoms with Crippen molar-refractivity contribution in [3.05, 3.63) is 53.7 Å². The molecule has 2 aromatic heterocycles. The molecule has 4 rings (SSSR count). The highest BCUT2D eigenvalue weighted by Crippen LogP contribution is 2.34. The highest BCUT2D eigenvalue weighted by atomic mass is 19.4. The molecule has 1 atom stereocenters. The van der Waals surface area contributed by atoms with Gasteiger partial charge < -0.3 is 9.42 Å². The average molecular weight is 377 g/mol. The van der Waals surface area contributed by atoms with Crippen molar-refractivity contribution in [2.75, 3.05) is 6.54 Å². The summed E-state index contributed by atoms with van der Waals surface area (Å²) in [6.45, 7) is 0.376. The number of carbonyl (C=O) groups excluding carboxylic acids is 1. The van der Waals surface area contributed by atoms with E-state index in [1.807, 2.05) is 35.4 Å². The molecule has 1 fully saturated rings. The Kier molecular flexibility index (Phi) is 4.17. The van der Waals surface area contributed by atoms with Crippen LogP contribution in [-0.4, -0.2) is 37.7 Å². The van der Waals surface area contributed by atoms with Crippen LogP contribution < -0.4 is 0 Å². The molecular weight excluding hydrogens is 363 g/mol. The number of carbonyl (C=O) groups is 1. The van der Waals surface area contributed by atoms with Crippen LogP contribution in [-0.2, 0) is 6.18 Å². The normalized spacial score (nSPS) is 17.4. The van der Waals surface area contributed by atoms with Crippen molar-refractivity contribution in [2.24, 2.45) is 0 Å². The number of hydrogen-bond donors (Lipinski definition) is 1. The monoisotopic (exact) mass is 377 g/mol. The molecule has 140 valence electrons. The molecule has 1 aliphatic heterocycles. The number of nitrogens with zero attached hydrogens (tertiary/aromatic N) is 4. The molecule has 10 heteroatoms. The number of hydrogen-bond acceptors (Lipinski definition) is 5. The van der Waals surface area contributed by atoms with Gasteiger partial charge in [0.25, 0.3) is 5.91 Å². The number of aromatic nitrogens is 4. The maximum atomic E-state index is 12.7. The zero-order valence-corrected chi connectivity index (χ0v) is 13.9. The molecule has 1 aromatic carbocycles. The van der Waals surface area contributed by atoms with Crippen molar-refractivity contribution < 1.29 is 22.5 Å². The quantitative estimate of drug-likeness (QED) is 0.755. The predicted molar refractivity (Wildman–Crippen MR) is 86.3 cm³/mol. The Morgan fingerprint density at radius 3 is 2.74 bits per heavy atom. The van der Waals surface area contributed by atoms with Gasteiger partial charge in [-0.3, -0.25) is 9.89 Å². The first-order valence-electron chi connectivity index (χ1n) is 8.26. The van der Waals surface area contributed by atoms with E-state index in [0.717, 1.165) is 5.56 Å². The van der Waals surface area contributed by atoms with Crippen LogP contribution in [0.25, 0.3) is 11.4 Å². The highest BCUT2D eigenvalue weighted by Gasteiger charge is 2.38. The number of benzene rings is 1. The summed E-state index contributed by atoms with van der Waals surface area (Å²) in [6, 6.07) is 9.41. The summed E-state index contributed by atoms with van der Waals surface area (Å²) in [7, 11) is 0. The lowest BCUT2D eigenvalue weighted by Crippen LogP contribution is -2.31. The first-order chi connectivity index (χ1) is 12.9. The van der Waals surface area contributed by atoms with Crippen molar-refractivity contribution in [3.63, 3.8) is 0 Å². The number of halogens is 3. The number of rotatable bonds is 3. The van der Waals surface area contributed by atoms with Crippen molar-refractivity contribution in [2.45, 2.75) is 25.1 Å². The fraction of sp³-hybridized carbons (Fsp3) is 0.294. The van der Waals surface area contributed by atoms with Crippen LogP contribution in [0.2, 0.25) is 0 Å². The first-order valence-corrected chi connectivity index (χ1v) is 8.26. The van der Waals surface area contributed by atoms with Gasteiger partial charge in [-0.15, -0.1) is 0 Å². The number of likely N-dealkylation sites (tertiary alicyclic amines) is 1. The Hall–Kier alpha value is -3.17. The fourth-order valence-electron chi connectivity index (χ4n) is 3.07. The zero-order valence-electron chi connectivity index (χ0n) is 13.9. The van der Waals surface area contributed by atoms with E-state index in [1.165, 1.54) is 4.90 Å². The van der Waals surface area contributed by atoms with Gasteiger partial charge >= 0.3 is 6.18 Å². The van der Waals surface area contributed by atoms with Gasteiger partial charge in [-0.05, 0) is 12.8 Å². The highest BCUT2D eigenvalue weighted by molar-refractivity contribution is 5.92. The smallest absolute Gasteiger partial charge is 0.337 e. The van der Waals surface area contributed by atoms with Gasteiger partial charge in [-0.2, -0.15) is 23.3 Å². The van der Waals surface area contributed by atoms with Gasteiger partial charge in [0.2, 0.25) is 11.7 Å². The SMILES string of the molecule is O=C(c1cc(C(F)(F)F)[nH]n1)N1CCC[C@@H]1c1nc(-c2ccccc2)no1. The minimum atomic E-state index is -4.59. The molecule has 0 bridgehead atoms. The summed E-state index contributed by atoms with van der Waals surface area (Å²) in [5, 5.41) is 9.30. The maximum absolute atomic E-state index is 12.7. The van der Waals surface area contributed by atoms with Crippen molar-refractivity contribution >= 4 is 5.91 Å². The van der Waals surface area contributed by atoms with Gasteiger partial charge in [-0.1, -0.05) is 35.5 Å². The molecular formula is C17H14F3N5O2. The Bertz CT molecular complexity index is 951. The number of alkyl halides is 3. The van der Waals surface area contributed by atoms with E-state index in [-0.39, 0.29) is 11.6 Å². The Balaban J connectivity index is 1.57. The van der Waals surface area contributed by atoms with E-state index < -0.39 is 23.8 Å². The topological polar surface area (TPSA) is 87.9 Å². The van der Waals surface area contributed by atoms with E-state index >= 15 is 0 Å². The second-order valence-corrected chi connectivity index (χ2v) is 6.14. The first kappa shape index (κ1) is 17.3. The lowest BCUT2D eigenvalue weighted by molar-refractivity contribution is -0.141. The number of amides is 1. The molecule has 0 aliphatic carbocycles. The zero-order chi connectivity index (χ0) is 19.0. The van der Waals surface area contributed by atoms with Gasteiger partial charge in [0.15, 0.2) is 5.69 Å².